The Morgan fingerprint density at radius 2 is 1.96 bits per heavy atom. The van der Waals surface area contributed by atoms with Gasteiger partial charge in [-0.3, -0.25) is 4.99 Å². The summed E-state index contributed by atoms with van der Waals surface area (Å²) in [6.07, 6.45) is 9.06. The van der Waals surface area contributed by atoms with Crippen molar-refractivity contribution in [3.8, 4) is 11.8 Å². The molecule has 1 atom stereocenters. The number of halogens is 1. The summed E-state index contributed by atoms with van der Waals surface area (Å²) >= 11 is 1.58. The summed E-state index contributed by atoms with van der Waals surface area (Å²) in [5.74, 6) is 6.60. The van der Waals surface area contributed by atoms with E-state index in [0.717, 1.165) is 21.3 Å². The second-order valence-electron chi connectivity index (χ2n) is 7.28. The summed E-state index contributed by atoms with van der Waals surface area (Å²) in [4.78, 5) is 15.0. The molecule has 1 unspecified atom stereocenters. The quantitative estimate of drug-likeness (QED) is 0.530. The standard InChI is InChI=1S/C21H18FN4S/c1-21(2,3)26-11-10-23-13-20(26)25-18(14-26)19-9-8-17(27-19)7-6-16-5-4-15(22)12-24-16/h4-5,8-14H,1-3H3/q+1. The monoisotopic (exact) mass is 377 g/mol. The van der Waals surface area contributed by atoms with Crippen molar-refractivity contribution >= 4 is 29.1 Å². The van der Waals surface area contributed by atoms with Crippen LogP contribution in [0.3, 0.4) is 0 Å². The molecular formula is C21H18FN4S+. The number of rotatable bonds is 1. The number of amidine groups is 1. The van der Waals surface area contributed by atoms with E-state index in [0.29, 0.717) is 10.2 Å². The van der Waals surface area contributed by atoms with Gasteiger partial charge in [0.2, 0.25) is 0 Å². The molecule has 4 heterocycles. The van der Waals surface area contributed by atoms with Gasteiger partial charge in [-0.05, 0) is 56.9 Å². The lowest BCUT2D eigenvalue weighted by Crippen LogP contribution is -2.56. The molecule has 27 heavy (non-hydrogen) atoms. The molecule has 2 aromatic heterocycles. The van der Waals surface area contributed by atoms with Gasteiger partial charge in [0.1, 0.15) is 41.4 Å². The molecule has 2 aliphatic rings. The third-order valence-electron chi connectivity index (χ3n) is 4.53. The fraction of sp³-hybridized carbons (Fsp3) is 0.190. The zero-order chi connectivity index (χ0) is 19.1. The Kier molecular flexibility index (Phi) is 4.14. The lowest BCUT2D eigenvalue weighted by atomic mass is 10.0. The Bertz CT molecular complexity index is 1070. The molecule has 134 valence electrons. The Morgan fingerprint density at radius 1 is 1.11 bits per heavy atom. The van der Waals surface area contributed by atoms with E-state index in [1.807, 2.05) is 24.5 Å². The van der Waals surface area contributed by atoms with Crippen LogP contribution >= 0.6 is 11.3 Å². The zero-order valence-corrected chi connectivity index (χ0v) is 16.1. The molecule has 0 saturated carbocycles. The van der Waals surface area contributed by atoms with Gasteiger partial charge in [-0.2, -0.15) is 4.99 Å². The highest BCUT2D eigenvalue weighted by molar-refractivity contribution is 7.13. The Hall–Kier alpha value is -2.88. The van der Waals surface area contributed by atoms with Crippen molar-refractivity contribution in [3.05, 3.63) is 70.3 Å². The fourth-order valence-corrected chi connectivity index (χ4v) is 3.80. The van der Waals surface area contributed by atoms with E-state index in [1.165, 1.54) is 12.3 Å². The van der Waals surface area contributed by atoms with Crippen LogP contribution < -0.4 is 0 Å². The molecule has 0 N–H and O–H groups in total. The fourth-order valence-electron chi connectivity index (χ4n) is 2.99. The largest absolute Gasteiger partial charge is 0.256 e. The van der Waals surface area contributed by atoms with Gasteiger partial charge in [0.15, 0.2) is 0 Å². The molecule has 0 spiro atoms. The third-order valence-corrected chi connectivity index (χ3v) is 5.55. The SMILES string of the molecule is CC(C)(C)[N+]12C=CN=CC1=NC(c1ccc(C#Cc3ccc(F)cn3)s1)=C2. The average molecular weight is 377 g/mol. The van der Waals surface area contributed by atoms with E-state index >= 15 is 0 Å². The topological polar surface area (TPSA) is 37.6 Å². The van der Waals surface area contributed by atoms with Gasteiger partial charge in [-0.25, -0.2) is 13.9 Å². The maximum atomic E-state index is 12.9. The minimum absolute atomic E-state index is 0.0718. The maximum Gasteiger partial charge on any atom is 0.256 e. The van der Waals surface area contributed by atoms with Crippen LogP contribution in [0.2, 0.25) is 0 Å². The first-order chi connectivity index (χ1) is 12.9. The molecule has 4 nitrogen and oxygen atoms in total. The number of fused-ring (bicyclic) bond motifs is 1. The number of nitrogens with zero attached hydrogens (tertiary/aromatic N) is 4. The summed E-state index contributed by atoms with van der Waals surface area (Å²) in [6.45, 7) is 6.56. The van der Waals surface area contributed by atoms with Crippen LogP contribution in [0.5, 0.6) is 0 Å². The van der Waals surface area contributed by atoms with Crippen LogP contribution in [0.25, 0.3) is 5.70 Å². The van der Waals surface area contributed by atoms with Crippen molar-refractivity contribution in [2.75, 3.05) is 0 Å². The first kappa shape index (κ1) is 17.5. The summed E-state index contributed by atoms with van der Waals surface area (Å²) in [6, 6.07) is 6.93. The number of quaternary nitrogens is 1. The van der Waals surface area contributed by atoms with E-state index in [-0.39, 0.29) is 11.4 Å². The zero-order valence-electron chi connectivity index (χ0n) is 15.3. The van der Waals surface area contributed by atoms with Gasteiger partial charge in [-0.15, -0.1) is 11.3 Å². The summed E-state index contributed by atoms with van der Waals surface area (Å²) in [7, 11) is 0. The van der Waals surface area contributed by atoms with E-state index in [2.05, 4.69) is 55.0 Å². The average Bonchev–Trinajstić information content (AvgIpc) is 3.26. The van der Waals surface area contributed by atoms with Crippen LogP contribution in [0.1, 0.15) is 36.2 Å². The molecule has 0 aliphatic carbocycles. The van der Waals surface area contributed by atoms with Crippen LogP contribution in [0, 0.1) is 17.7 Å². The van der Waals surface area contributed by atoms with Gasteiger partial charge in [0.05, 0.1) is 22.2 Å². The molecule has 0 aromatic carbocycles. The van der Waals surface area contributed by atoms with Crippen LogP contribution in [-0.4, -0.2) is 27.1 Å². The molecule has 0 fully saturated rings. The Labute approximate surface area is 161 Å². The van der Waals surface area contributed by atoms with Crippen LogP contribution in [-0.2, 0) is 0 Å². The number of hydrogen-bond acceptors (Lipinski definition) is 4. The van der Waals surface area contributed by atoms with Crippen molar-refractivity contribution in [1.29, 1.82) is 0 Å². The van der Waals surface area contributed by atoms with Gasteiger partial charge < -0.3 is 0 Å². The summed E-state index contributed by atoms with van der Waals surface area (Å²) < 4.78 is 13.5. The molecule has 0 bridgehead atoms. The van der Waals surface area contributed by atoms with E-state index in [9.17, 15) is 4.39 Å². The summed E-state index contributed by atoms with van der Waals surface area (Å²) in [5.41, 5.74) is 1.40. The molecular weight excluding hydrogens is 359 g/mol. The van der Waals surface area contributed by atoms with E-state index in [1.54, 1.807) is 17.4 Å². The Balaban J connectivity index is 1.65. The summed E-state index contributed by atoms with van der Waals surface area (Å²) in [5, 5.41) is 0. The lowest BCUT2D eigenvalue weighted by Gasteiger charge is -2.39. The predicted octanol–water partition coefficient (Wildman–Crippen LogP) is 4.56. The molecule has 2 aliphatic heterocycles. The molecule has 6 heteroatoms. The van der Waals surface area contributed by atoms with Crippen molar-refractivity contribution in [1.82, 2.24) is 4.98 Å². The van der Waals surface area contributed by atoms with Crippen molar-refractivity contribution in [3.63, 3.8) is 0 Å². The van der Waals surface area contributed by atoms with Crippen molar-refractivity contribution in [2.24, 2.45) is 9.98 Å². The number of thiophene rings is 1. The lowest BCUT2D eigenvalue weighted by molar-refractivity contribution is -0.783. The Morgan fingerprint density at radius 3 is 2.67 bits per heavy atom. The van der Waals surface area contributed by atoms with Gasteiger partial charge in [0.25, 0.3) is 5.84 Å². The second-order valence-corrected chi connectivity index (χ2v) is 8.37. The number of aliphatic imine (C=N–C) groups is 2. The highest BCUT2D eigenvalue weighted by Gasteiger charge is 2.47. The van der Waals surface area contributed by atoms with E-state index in [4.69, 9.17) is 4.99 Å². The van der Waals surface area contributed by atoms with Gasteiger partial charge in [0, 0.05) is 0 Å². The van der Waals surface area contributed by atoms with Crippen LogP contribution in [0.15, 0.2) is 59.0 Å². The van der Waals surface area contributed by atoms with Crippen LogP contribution in [0.4, 0.5) is 4.39 Å². The molecule has 0 saturated heterocycles. The third kappa shape index (κ3) is 3.16. The second kappa shape index (κ2) is 6.38. The molecule has 0 radical (unpaired) electrons. The van der Waals surface area contributed by atoms with Gasteiger partial charge >= 0.3 is 0 Å². The highest BCUT2D eigenvalue weighted by Crippen LogP contribution is 2.39. The first-order valence-electron chi connectivity index (χ1n) is 8.53. The maximum absolute atomic E-state index is 12.9. The first-order valence-corrected chi connectivity index (χ1v) is 9.34. The number of aromatic nitrogens is 1. The smallest absolute Gasteiger partial charge is 0.251 e. The number of pyridine rings is 1. The van der Waals surface area contributed by atoms with E-state index < -0.39 is 0 Å². The minimum atomic E-state index is -0.365. The molecule has 4 rings (SSSR count). The molecule has 2 aromatic rings. The van der Waals surface area contributed by atoms with Gasteiger partial charge in [-0.1, -0.05) is 0 Å². The molecule has 0 amide bonds. The normalized spacial score (nSPS) is 20.6. The highest BCUT2D eigenvalue weighted by atomic mass is 32.1. The van der Waals surface area contributed by atoms with Crippen molar-refractivity contribution < 1.29 is 8.87 Å². The predicted molar refractivity (Wildman–Crippen MR) is 108 cm³/mol. The number of hydrogen-bond donors (Lipinski definition) is 0. The minimum Gasteiger partial charge on any atom is -0.251 e. The van der Waals surface area contributed by atoms with Crippen molar-refractivity contribution in [2.45, 2.75) is 26.3 Å².